The standard InChI is InChI=1S/C16H11F2N5O3/c17-12-2-1-3-13(18)15(12)20-14(24)8-26-16(25)10-4-6-11(7-5-10)23-9-19-21-22-23/h1-7,9H,8H2,(H,20,24). The number of carbonyl (C=O) groups excluding carboxylic acids is 2. The van der Waals surface area contributed by atoms with Crippen molar-refractivity contribution in [1.82, 2.24) is 20.2 Å². The van der Waals surface area contributed by atoms with Crippen LogP contribution in [0.3, 0.4) is 0 Å². The lowest BCUT2D eigenvalue weighted by molar-refractivity contribution is -0.119. The first-order chi connectivity index (χ1) is 12.5. The van der Waals surface area contributed by atoms with Gasteiger partial charge in [-0.05, 0) is 46.8 Å². The Bertz CT molecular complexity index is 909. The SMILES string of the molecule is O=C(COC(=O)c1ccc(-n2cnnn2)cc1)Nc1c(F)cccc1F. The van der Waals surface area contributed by atoms with E-state index >= 15 is 0 Å². The fourth-order valence-corrected chi connectivity index (χ4v) is 2.04. The molecule has 0 spiro atoms. The van der Waals surface area contributed by atoms with Gasteiger partial charge in [0.25, 0.3) is 5.91 Å². The summed E-state index contributed by atoms with van der Waals surface area (Å²) < 4.78 is 33.1. The van der Waals surface area contributed by atoms with Crippen LogP contribution in [0.15, 0.2) is 48.8 Å². The molecule has 0 aliphatic heterocycles. The van der Waals surface area contributed by atoms with Crippen molar-refractivity contribution in [1.29, 1.82) is 0 Å². The van der Waals surface area contributed by atoms with E-state index in [0.717, 1.165) is 12.1 Å². The van der Waals surface area contributed by atoms with Crippen LogP contribution in [-0.2, 0) is 9.53 Å². The van der Waals surface area contributed by atoms with Gasteiger partial charge in [0.05, 0.1) is 11.3 Å². The van der Waals surface area contributed by atoms with E-state index in [-0.39, 0.29) is 5.56 Å². The Balaban J connectivity index is 1.57. The molecule has 0 saturated heterocycles. The van der Waals surface area contributed by atoms with Gasteiger partial charge in [-0.15, -0.1) is 5.10 Å². The fraction of sp³-hybridized carbons (Fsp3) is 0.0625. The van der Waals surface area contributed by atoms with Crippen molar-refractivity contribution < 1.29 is 23.1 Å². The average Bonchev–Trinajstić information content (AvgIpc) is 3.18. The zero-order valence-electron chi connectivity index (χ0n) is 13.1. The number of para-hydroxylation sites is 1. The molecule has 3 rings (SSSR count). The van der Waals surface area contributed by atoms with Crippen molar-refractivity contribution in [2.75, 3.05) is 11.9 Å². The summed E-state index contributed by atoms with van der Waals surface area (Å²) in [7, 11) is 0. The number of anilines is 1. The highest BCUT2D eigenvalue weighted by atomic mass is 19.1. The average molecular weight is 359 g/mol. The monoisotopic (exact) mass is 359 g/mol. The number of rotatable bonds is 5. The van der Waals surface area contributed by atoms with Crippen LogP contribution in [0.4, 0.5) is 14.5 Å². The minimum atomic E-state index is -0.928. The molecule has 132 valence electrons. The molecule has 26 heavy (non-hydrogen) atoms. The molecule has 1 aromatic heterocycles. The predicted octanol–water partition coefficient (Wildman–Crippen LogP) is 1.74. The number of carbonyl (C=O) groups is 2. The third-order valence-corrected chi connectivity index (χ3v) is 3.28. The van der Waals surface area contributed by atoms with E-state index < -0.39 is 35.8 Å². The van der Waals surface area contributed by atoms with Crippen molar-refractivity contribution in [3.8, 4) is 5.69 Å². The highest BCUT2D eigenvalue weighted by molar-refractivity contribution is 5.95. The van der Waals surface area contributed by atoms with Crippen LogP contribution >= 0.6 is 0 Å². The topological polar surface area (TPSA) is 99.0 Å². The molecular weight excluding hydrogens is 348 g/mol. The molecule has 0 aliphatic rings. The smallest absolute Gasteiger partial charge is 0.338 e. The van der Waals surface area contributed by atoms with Crippen LogP contribution < -0.4 is 5.32 Å². The van der Waals surface area contributed by atoms with Crippen molar-refractivity contribution in [2.24, 2.45) is 0 Å². The van der Waals surface area contributed by atoms with Gasteiger partial charge in [0, 0.05) is 0 Å². The summed E-state index contributed by atoms with van der Waals surface area (Å²) in [6.45, 7) is -0.693. The maximum absolute atomic E-state index is 13.5. The van der Waals surface area contributed by atoms with E-state index in [9.17, 15) is 18.4 Å². The minimum absolute atomic E-state index is 0.187. The van der Waals surface area contributed by atoms with Crippen LogP contribution in [-0.4, -0.2) is 38.7 Å². The molecule has 0 aliphatic carbocycles. The van der Waals surface area contributed by atoms with Crippen LogP contribution in [0.5, 0.6) is 0 Å². The lowest BCUT2D eigenvalue weighted by Gasteiger charge is -2.08. The Labute approximate surface area is 145 Å². The number of esters is 1. The Morgan fingerprint density at radius 2 is 1.77 bits per heavy atom. The number of halogens is 2. The molecule has 0 bridgehead atoms. The summed E-state index contributed by atoms with van der Waals surface area (Å²) in [5.41, 5.74) is 0.213. The predicted molar refractivity (Wildman–Crippen MR) is 84.4 cm³/mol. The van der Waals surface area contributed by atoms with Crippen LogP contribution in [0.2, 0.25) is 0 Å². The largest absolute Gasteiger partial charge is 0.452 e. The second kappa shape index (κ2) is 7.47. The van der Waals surface area contributed by atoms with E-state index in [1.807, 2.05) is 5.32 Å². The summed E-state index contributed by atoms with van der Waals surface area (Å²) in [5.74, 6) is -3.49. The molecule has 0 fully saturated rings. The Kier molecular flexibility index (Phi) is 4.92. The van der Waals surface area contributed by atoms with Crippen LogP contribution in [0.1, 0.15) is 10.4 Å². The van der Waals surface area contributed by atoms with Crippen molar-refractivity contribution in [3.05, 3.63) is 66.0 Å². The molecule has 1 N–H and O–H groups in total. The summed E-state index contributed by atoms with van der Waals surface area (Å²) >= 11 is 0. The normalized spacial score (nSPS) is 10.4. The summed E-state index contributed by atoms with van der Waals surface area (Å²) in [5, 5.41) is 12.7. The number of nitrogens with zero attached hydrogens (tertiary/aromatic N) is 4. The number of nitrogens with one attached hydrogen (secondary N) is 1. The summed E-state index contributed by atoms with van der Waals surface area (Å²) in [6, 6.07) is 9.26. The quantitative estimate of drug-likeness (QED) is 0.697. The van der Waals surface area contributed by atoms with E-state index in [4.69, 9.17) is 4.74 Å². The van der Waals surface area contributed by atoms with Gasteiger partial charge in [0.2, 0.25) is 0 Å². The highest BCUT2D eigenvalue weighted by Crippen LogP contribution is 2.17. The zero-order chi connectivity index (χ0) is 18.5. The maximum atomic E-state index is 13.5. The molecular formula is C16H11F2N5O3. The third kappa shape index (κ3) is 3.86. The Morgan fingerprint density at radius 1 is 1.08 bits per heavy atom. The van der Waals surface area contributed by atoms with Crippen LogP contribution in [0.25, 0.3) is 5.69 Å². The molecule has 0 atom stereocenters. The molecule has 1 amide bonds. The van der Waals surface area contributed by atoms with Crippen LogP contribution in [0, 0.1) is 11.6 Å². The molecule has 8 nitrogen and oxygen atoms in total. The number of benzene rings is 2. The van der Waals surface area contributed by atoms with E-state index in [1.54, 1.807) is 12.1 Å². The lowest BCUT2D eigenvalue weighted by atomic mass is 10.2. The zero-order valence-corrected chi connectivity index (χ0v) is 13.1. The Morgan fingerprint density at radius 3 is 2.38 bits per heavy atom. The molecule has 0 unspecified atom stereocenters. The molecule has 3 aromatic rings. The number of ether oxygens (including phenoxy) is 1. The van der Waals surface area contributed by atoms with Gasteiger partial charge in [-0.25, -0.2) is 18.3 Å². The van der Waals surface area contributed by atoms with Crippen molar-refractivity contribution in [3.63, 3.8) is 0 Å². The van der Waals surface area contributed by atoms with Crippen molar-refractivity contribution >= 4 is 17.6 Å². The number of hydrogen-bond donors (Lipinski definition) is 1. The first kappa shape index (κ1) is 17.1. The fourth-order valence-electron chi connectivity index (χ4n) is 2.04. The minimum Gasteiger partial charge on any atom is -0.452 e. The molecule has 0 saturated carbocycles. The van der Waals surface area contributed by atoms with Crippen molar-refractivity contribution in [2.45, 2.75) is 0 Å². The second-order valence-corrected chi connectivity index (χ2v) is 5.02. The second-order valence-electron chi connectivity index (χ2n) is 5.02. The van der Waals surface area contributed by atoms with Gasteiger partial charge in [-0.1, -0.05) is 6.07 Å². The van der Waals surface area contributed by atoms with Gasteiger partial charge in [-0.3, -0.25) is 4.79 Å². The number of hydrogen-bond acceptors (Lipinski definition) is 6. The molecule has 10 heteroatoms. The maximum Gasteiger partial charge on any atom is 0.338 e. The van der Waals surface area contributed by atoms with E-state index in [2.05, 4.69) is 15.5 Å². The first-order valence-electron chi connectivity index (χ1n) is 7.29. The van der Waals surface area contributed by atoms with Gasteiger partial charge in [0.1, 0.15) is 23.6 Å². The Hall–Kier alpha value is -3.69. The summed E-state index contributed by atoms with van der Waals surface area (Å²) in [4.78, 5) is 23.7. The first-order valence-corrected chi connectivity index (χ1v) is 7.29. The number of aromatic nitrogens is 4. The van der Waals surface area contributed by atoms with E-state index in [0.29, 0.717) is 5.69 Å². The summed E-state index contributed by atoms with van der Waals surface area (Å²) in [6.07, 6.45) is 1.39. The molecule has 2 aromatic carbocycles. The molecule has 1 heterocycles. The van der Waals surface area contributed by atoms with Gasteiger partial charge < -0.3 is 10.1 Å². The third-order valence-electron chi connectivity index (χ3n) is 3.28. The van der Waals surface area contributed by atoms with Gasteiger partial charge in [-0.2, -0.15) is 0 Å². The molecule has 0 radical (unpaired) electrons. The van der Waals surface area contributed by atoms with Gasteiger partial charge >= 0.3 is 5.97 Å². The number of tetrazole rings is 1. The van der Waals surface area contributed by atoms with Gasteiger partial charge in [0.15, 0.2) is 6.61 Å². The number of amides is 1. The lowest BCUT2D eigenvalue weighted by Crippen LogP contribution is -2.22. The highest BCUT2D eigenvalue weighted by Gasteiger charge is 2.14. The van der Waals surface area contributed by atoms with E-state index in [1.165, 1.54) is 29.2 Å².